The van der Waals surface area contributed by atoms with Gasteiger partial charge in [-0.1, -0.05) is 26.8 Å². The highest BCUT2D eigenvalue weighted by Gasteiger charge is 2.24. The topological polar surface area (TPSA) is 23.9 Å². The molecule has 0 rings (SSSR count). The monoisotopic (exact) mass is 223 g/mol. The third-order valence-electron chi connectivity index (χ3n) is 1.50. The van der Waals surface area contributed by atoms with Crippen molar-refractivity contribution in [3.63, 3.8) is 0 Å². The summed E-state index contributed by atoms with van der Waals surface area (Å²) >= 11 is 0. The highest BCUT2D eigenvalue weighted by atomic mass is 19.4. The normalized spacial score (nSPS) is 11.5. The summed E-state index contributed by atoms with van der Waals surface area (Å²) in [4.78, 5) is 0. The summed E-state index contributed by atoms with van der Waals surface area (Å²) in [7, 11) is 0. The van der Waals surface area contributed by atoms with Crippen LogP contribution in [0.15, 0.2) is 12.2 Å². The zero-order valence-electron chi connectivity index (χ0n) is 9.78. The van der Waals surface area contributed by atoms with Crippen molar-refractivity contribution in [3.8, 4) is 0 Å². The van der Waals surface area contributed by atoms with Crippen LogP contribution in [-0.2, 0) is 0 Å². The van der Waals surface area contributed by atoms with Gasteiger partial charge in [-0.2, -0.15) is 13.2 Å². The predicted molar refractivity (Wildman–Crippen MR) is 58.3 cm³/mol. The third kappa shape index (κ3) is 15.9. The molecule has 15 heavy (non-hydrogen) atoms. The molecule has 0 radical (unpaired) electrons. The molecule has 0 saturated heterocycles. The highest BCUT2D eigenvalue weighted by molar-refractivity contribution is 5.93. The molecule has 0 aliphatic rings. The maximum absolute atomic E-state index is 11.1. The molecule has 0 fully saturated rings. The zero-order chi connectivity index (χ0) is 12.5. The number of allylic oxidation sites excluding steroid dienone is 2. The zero-order valence-corrected chi connectivity index (χ0v) is 9.78. The van der Waals surface area contributed by atoms with Crippen LogP contribution in [0.4, 0.5) is 13.2 Å². The van der Waals surface area contributed by atoms with Crippen LogP contribution in [-0.4, -0.2) is 11.9 Å². The first-order valence-electron chi connectivity index (χ1n) is 5.02. The van der Waals surface area contributed by atoms with E-state index in [0.29, 0.717) is 11.6 Å². The minimum Gasteiger partial charge on any atom is -0.305 e. The lowest BCUT2D eigenvalue weighted by molar-refractivity contribution is -0.134. The van der Waals surface area contributed by atoms with E-state index >= 15 is 0 Å². The Morgan fingerprint density at radius 2 is 1.80 bits per heavy atom. The Hall–Kier alpha value is -0.800. The van der Waals surface area contributed by atoms with Crippen LogP contribution in [0, 0.1) is 11.3 Å². The molecular weight excluding hydrogens is 203 g/mol. The smallest absolute Gasteiger partial charge is 0.305 e. The van der Waals surface area contributed by atoms with E-state index in [1.54, 1.807) is 0 Å². The second-order valence-corrected chi connectivity index (χ2v) is 3.48. The minimum atomic E-state index is -3.95. The Kier molecular flexibility index (Phi) is 9.42. The van der Waals surface area contributed by atoms with Gasteiger partial charge in [0.15, 0.2) is 0 Å². The molecule has 0 aliphatic heterocycles. The fourth-order valence-corrected chi connectivity index (χ4v) is 0.655. The summed E-state index contributed by atoms with van der Waals surface area (Å²) < 4.78 is 33.2. The van der Waals surface area contributed by atoms with E-state index in [-0.39, 0.29) is 6.42 Å². The number of hydrogen-bond donors (Lipinski definition) is 1. The lowest BCUT2D eigenvalue weighted by Gasteiger charge is -2.00. The Morgan fingerprint density at radius 1 is 1.33 bits per heavy atom. The fraction of sp³-hybridized carbons (Fsp3) is 0.727. The molecule has 0 unspecified atom stereocenters. The van der Waals surface area contributed by atoms with E-state index in [9.17, 15) is 13.2 Å². The van der Waals surface area contributed by atoms with E-state index in [2.05, 4.69) is 0 Å². The summed E-state index contributed by atoms with van der Waals surface area (Å²) in [6.45, 7) is 7.47. The van der Waals surface area contributed by atoms with Gasteiger partial charge in [0.25, 0.3) is 0 Å². The third-order valence-corrected chi connectivity index (χ3v) is 1.50. The van der Waals surface area contributed by atoms with Gasteiger partial charge in [-0.3, -0.25) is 0 Å². The molecule has 0 spiro atoms. The van der Waals surface area contributed by atoms with Crippen molar-refractivity contribution in [1.29, 1.82) is 5.41 Å². The van der Waals surface area contributed by atoms with Crippen molar-refractivity contribution in [3.05, 3.63) is 12.2 Å². The molecule has 90 valence electrons. The van der Waals surface area contributed by atoms with Crippen molar-refractivity contribution in [2.24, 2.45) is 5.92 Å². The maximum atomic E-state index is 11.1. The van der Waals surface area contributed by atoms with Crippen molar-refractivity contribution in [2.45, 2.75) is 46.7 Å². The van der Waals surface area contributed by atoms with E-state index < -0.39 is 12.6 Å². The quantitative estimate of drug-likeness (QED) is 0.677. The van der Waals surface area contributed by atoms with Gasteiger partial charge in [0.05, 0.1) is 0 Å². The molecule has 0 atom stereocenters. The van der Waals surface area contributed by atoms with Crippen LogP contribution in [0.2, 0.25) is 0 Å². The number of rotatable bonds is 3. The molecule has 0 amide bonds. The van der Waals surface area contributed by atoms with E-state index in [0.717, 1.165) is 0 Å². The molecule has 4 heteroatoms. The van der Waals surface area contributed by atoms with Crippen molar-refractivity contribution in [2.75, 3.05) is 0 Å². The van der Waals surface area contributed by atoms with E-state index in [1.165, 1.54) is 6.92 Å². The summed E-state index contributed by atoms with van der Waals surface area (Å²) in [5.74, 6) is 0.367. The summed E-state index contributed by atoms with van der Waals surface area (Å²) in [5.41, 5.74) is 0.701. The second kappa shape index (κ2) is 8.50. The first-order valence-corrected chi connectivity index (χ1v) is 5.02. The minimum absolute atomic E-state index is 0.184. The summed E-state index contributed by atoms with van der Waals surface area (Å²) in [6.07, 6.45) is -0.710. The SMILES string of the molecule is C/C=C\C(=N)C(C)C.CCCC(F)(F)F. The van der Waals surface area contributed by atoms with Gasteiger partial charge >= 0.3 is 6.18 Å². The number of nitrogens with one attached hydrogen (secondary N) is 1. The van der Waals surface area contributed by atoms with E-state index in [4.69, 9.17) is 5.41 Å². The van der Waals surface area contributed by atoms with Gasteiger partial charge < -0.3 is 5.41 Å². The van der Waals surface area contributed by atoms with Crippen molar-refractivity contribution in [1.82, 2.24) is 0 Å². The molecule has 0 aromatic heterocycles. The number of halogens is 3. The average molecular weight is 223 g/mol. The Morgan fingerprint density at radius 3 is 1.87 bits per heavy atom. The summed E-state index contributed by atoms with van der Waals surface area (Å²) in [5, 5.41) is 7.26. The number of hydrogen-bond acceptors (Lipinski definition) is 1. The van der Waals surface area contributed by atoms with Crippen molar-refractivity contribution >= 4 is 5.71 Å². The molecular formula is C11H20F3N. The average Bonchev–Trinajstić information content (AvgIpc) is 2.03. The van der Waals surface area contributed by atoms with Gasteiger partial charge in [-0.05, 0) is 25.3 Å². The van der Waals surface area contributed by atoms with E-state index in [1.807, 2.05) is 32.9 Å². The molecule has 0 saturated carbocycles. The molecule has 0 aliphatic carbocycles. The fourth-order valence-electron chi connectivity index (χ4n) is 0.655. The first kappa shape index (κ1) is 16.6. The lowest BCUT2D eigenvalue weighted by atomic mass is 10.1. The molecule has 0 aromatic carbocycles. The maximum Gasteiger partial charge on any atom is 0.389 e. The molecule has 0 bridgehead atoms. The Labute approximate surface area is 89.9 Å². The van der Waals surface area contributed by atoms with Crippen LogP contribution in [0.25, 0.3) is 0 Å². The highest BCUT2D eigenvalue weighted by Crippen LogP contribution is 2.20. The van der Waals surface area contributed by atoms with Gasteiger partial charge in [0.1, 0.15) is 0 Å². The van der Waals surface area contributed by atoms with Crippen LogP contribution < -0.4 is 0 Å². The number of alkyl halides is 3. The molecule has 0 heterocycles. The van der Waals surface area contributed by atoms with Crippen LogP contribution in [0.1, 0.15) is 40.5 Å². The first-order chi connectivity index (χ1) is 6.74. The van der Waals surface area contributed by atoms with Gasteiger partial charge in [-0.25, -0.2) is 0 Å². The Bertz CT molecular complexity index is 192. The summed E-state index contributed by atoms with van der Waals surface area (Å²) in [6, 6.07) is 0. The second-order valence-electron chi connectivity index (χ2n) is 3.48. The molecule has 1 nitrogen and oxygen atoms in total. The Balaban J connectivity index is 0. The van der Waals surface area contributed by atoms with Crippen LogP contribution >= 0.6 is 0 Å². The van der Waals surface area contributed by atoms with Gasteiger partial charge in [0, 0.05) is 12.1 Å². The standard InChI is InChI=1S/C7H13N.C4H7F3/c1-4-5-7(8)6(2)3;1-2-3-4(5,6)7/h4-6,8H,1-3H3;2-3H2,1H3/b5-4-,8-7?;. The van der Waals surface area contributed by atoms with Crippen LogP contribution in [0.5, 0.6) is 0 Å². The largest absolute Gasteiger partial charge is 0.389 e. The molecule has 0 aromatic rings. The van der Waals surface area contributed by atoms with Gasteiger partial charge in [0.2, 0.25) is 0 Å². The molecule has 1 N–H and O–H groups in total. The van der Waals surface area contributed by atoms with Crippen LogP contribution in [0.3, 0.4) is 0 Å². The predicted octanol–water partition coefficient (Wildman–Crippen LogP) is 4.59. The van der Waals surface area contributed by atoms with Gasteiger partial charge in [-0.15, -0.1) is 0 Å². The lowest BCUT2D eigenvalue weighted by Crippen LogP contribution is -2.04. The van der Waals surface area contributed by atoms with Crippen molar-refractivity contribution < 1.29 is 13.2 Å².